The quantitative estimate of drug-likeness (QED) is 0.465. The van der Waals surface area contributed by atoms with Gasteiger partial charge >= 0.3 is 0 Å². The Morgan fingerprint density at radius 3 is 2.79 bits per heavy atom. The average molecular weight is 481 g/mol. The van der Waals surface area contributed by atoms with Crippen molar-refractivity contribution in [1.29, 1.82) is 5.26 Å². The number of nitrogens with one attached hydrogen (secondary N) is 2. The zero-order chi connectivity index (χ0) is 23.9. The highest BCUT2D eigenvalue weighted by Crippen LogP contribution is 2.31. The van der Waals surface area contributed by atoms with E-state index in [0.717, 1.165) is 55.0 Å². The molecule has 11 heteroatoms. The lowest BCUT2D eigenvalue weighted by molar-refractivity contribution is 0.505. The fraction of sp³-hybridized carbons (Fsp3) is 0.435. The number of rotatable bonds is 7. The van der Waals surface area contributed by atoms with E-state index in [2.05, 4.69) is 31.7 Å². The van der Waals surface area contributed by atoms with E-state index < -0.39 is 9.84 Å². The van der Waals surface area contributed by atoms with Crippen LogP contribution in [0.5, 0.6) is 0 Å². The van der Waals surface area contributed by atoms with Gasteiger partial charge in [0.05, 0.1) is 11.9 Å². The topological polar surface area (TPSA) is 141 Å². The fourth-order valence-corrected chi connectivity index (χ4v) is 5.19. The first-order valence-corrected chi connectivity index (χ1v) is 13.5. The molecule has 2 aromatic heterocycles. The van der Waals surface area contributed by atoms with Crippen molar-refractivity contribution in [2.75, 3.05) is 34.9 Å². The van der Waals surface area contributed by atoms with Crippen molar-refractivity contribution in [2.45, 2.75) is 43.5 Å². The van der Waals surface area contributed by atoms with Crippen molar-refractivity contribution < 1.29 is 8.42 Å². The molecule has 3 aromatic rings. The third-order valence-corrected chi connectivity index (χ3v) is 6.93. The zero-order valence-corrected chi connectivity index (χ0v) is 19.8. The van der Waals surface area contributed by atoms with Crippen LogP contribution >= 0.6 is 0 Å². The van der Waals surface area contributed by atoms with Crippen LogP contribution in [-0.4, -0.2) is 54.4 Å². The molecule has 1 saturated carbocycles. The van der Waals surface area contributed by atoms with E-state index in [1.807, 2.05) is 24.3 Å². The minimum absolute atomic E-state index is 0.0637. The van der Waals surface area contributed by atoms with Crippen LogP contribution in [0.25, 0.3) is 5.65 Å². The van der Waals surface area contributed by atoms with Crippen LogP contribution in [0.15, 0.2) is 30.5 Å². The van der Waals surface area contributed by atoms with E-state index in [1.165, 1.54) is 12.5 Å². The summed E-state index contributed by atoms with van der Waals surface area (Å²) >= 11 is 0. The molecule has 3 heterocycles. The number of anilines is 4. The van der Waals surface area contributed by atoms with E-state index >= 15 is 0 Å². The molecular weight excluding hydrogens is 452 g/mol. The Labute approximate surface area is 198 Å². The van der Waals surface area contributed by atoms with Crippen LogP contribution in [0.1, 0.15) is 36.8 Å². The molecule has 4 N–H and O–H groups in total. The molecule has 1 saturated heterocycles. The van der Waals surface area contributed by atoms with Crippen molar-refractivity contribution in [3.63, 3.8) is 0 Å². The monoisotopic (exact) mass is 480 g/mol. The molecule has 1 aromatic carbocycles. The lowest BCUT2D eigenvalue weighted by Crippen LogP contribution is -2.43. The molecule has 178 valence electrons. The third kappa shape index (κ3) is 4.93. The highest BCUT2D eigenvalue weighted by molar-refractivity contribution is 7.89. The molecule has 0 spiro atoms. The lowest BCUT2D eigenvalue weighted by atomic mass is 10.0. The van der Waals surface area contributed by atoms with E-state index in [9.17, 15) is 13.7 Å². The van der Waals surface area contributed by atoms with Gasteiger partial charge in [-0.2, -0.15) is 14.9 Å². The molecule has 1 aliphatic heterocycles. The van der Waals surface area contributed by atoms with Gasteiger partial charge in [-0.15, -0.1) is 0 Å². The van der Waals surface area contributed by atoms with Gasteiger partial charge in [-0.3, -0.25) is 0 Å². The summed E-state index contributed by atoms with van der Waals surface area (Å²) in [6.45, 7) is 1.56. The molecule has 5 rings (SSSR count). The van der Waals surface area contributed by atoms with Crippen LogP contribution in [0.4, 0.5) is 23.0 Å². The van der Waals surface area contributed by atoms with Gasteiger partial charge in [-0.25, -0.2) is 13.4 Å². The summed E-state index contributed by atoms with van der Waals surface area (Å²) in [7, 11) is -3.24. The molecule has 2 aliphatic rings. The van der Waals surface area contributed by atoms with Gasteiger partial charge in [-0.05, 0) is 49.4 Å². The molecular formula is C23H28N8O2S. The van der Waals surface area contributed by atoms with Gasteiger partial charge in [0, 0.05) is 48.9 Å². The van der Waals surface area contributed by atoms with Gasteiger partial charge in [0.25, 0.3) is 0 Å². The van der Waals surface area contributed by atoms with Gasteiger partial charge in [0.1, 0.15) is 23.3 Å². The smallest absolute Gasteiger partial charge is 0.177 e. The molecule has 10 nitrogen and oxygen atoms in total. The minimum atomic E-state index is -3.24. The van der Waals surface area contributed by atoms with Crippen LogP contribution in [0, 0.1) is 11.3 Å². The summed E-state index contributed by atoms with van der Waals surface area (Å²) < 4.78 is 26.0. The maximum absolute atomic E-state index is 12.2. The summed E-state index contributed by atoms with van der Waals surface area (Å²) in [6, 6.07) is 10.2. The standard InChI is InChI=1S/C23H28N8O2S/c1-34(32,33)14-15-9-19(6-7-20(15)30-8-2-3-17(25)13-30)27-21-10-22(28-18-4-5-18)31-23(29-21)16(11-24)12-26-31/h6-7,9-10,12,17-18,28H,2-5,8,13-14,25H2,1H3,(H,27,29)/t17-/m1/s1. The highest BCUT2D eigenvalue weighted by Gasteiger charge is 2.24. The SMILES string of the molecule is CS(=O)(=O)Cc1cc(Nc2cc(NC3CC3)n3ncc(C#N)c3n2)ccc1N1CCC[C@@H](N)C1. The van der Waals surface area contributed by atoms with Gasteiger partial charge < -0.3 is 21.3 Å². The Balaban J connectivity index is 1.50. The van der Waals surface area contributed by atoms with Crippen molar-refractivity contribution in [3.05, 3.63) is 41.6 Å². The van der Waals surface area contributed by atoms with Crippen LogP contribution in [-0.2, 0) is 15.6 Å². The first kappa shape index (κ1) is 22.4. The minimum Gasteiger partial charge on any atom is -0.370 e. The maximum Gasteiger partial charge on any atom is 0.177 e. The van der Waals surface area contributed by atoms with E-state index in [0.29, 0.717) is 29.6 Å². The van der Waals surface area contributed by atoms with Gasteiger partial charge in [0.15, 0.2) is 15.5 Å². The number of nitrogens with zero attached hydrogens (tertiary/aromatic N) is 5. The maximum atomic E-state index is 12.2. The second-order valence-corrected chi connectivity index (χ2v) is 11.4. The Hall–Kier alpha value is -3.36. The fourth-order valence-electron chi connectivity index (χ4n) is 4.39. The number of fused-ring (bicyclic) bond motifs is 1. The van der Waals surface area contributed by atoms with Crippen LogP contribution in [0.2, 0.25) is 0 Å². The Morgan fingerprint density at radius 2 is 2.09 bits per heavy atom. The Bertz CT molecular complexity index is 1370. The van der Waals surface area contributed by atoms with E-state index in [-0.39, 0.29) is 11.8 Å². The largest absolute Gasteiger partial charge is 0.370 e. The number of nitrogens with two attached hydrogens (primary N) is 1. The van der Waals surface area contributed by atoms with Crippen LogP contribution < -0.4 is 21.3 Å². The molecule has 0 radical (unpaired) electrons. The Morgan fingerprint density at radius 1 is 1.26 bits per heavy atom. The second kappa shape index (κ2) is 8.77. The second-order valence-electron chi connectivity index (χ2n) is 9.24. The molecule has 34 heavy (non-hydrogen) atoms. The molecule has 0 bridgehead atoms. The molecule has 0 unspecified atom stereocenters. The number of hydrogen-bond acceptors (Lipinski definition) is 9. The Kier molecular flexibility index (Phi) is 5.79. The normalized spacial score (nSPS) is 18.6. The first-order valence-electron chi connectivity index (χ1n) is 11.4. The van der Waals surface area contributed by atoms with Gasteiger partial charge in [-0.1, -0.05) is 0 Å². The van der Waals surface area contributed by atoms with Crippen molar-refractivity contribution in [3.8, 4) is 6.07 Å². The summed E-state index contributed by atoms with van der Waals surface area (Å²) in [5.74, 6) is 1.24. The summed E-state index contributed by atoms with van der Waals surface area (Å²) in [5, 5.41) is 20.5. The van der Waals surface area contributed by atoms with Crippen molar-refractivity contribution in [2.24, 2.45) is 5.73 Å². The van der Waals surface area contributed by atoms with E-state index in [1.54, 1.807) is 4.52 Å². The first-order chi connectivity index (χ1) is 16.3. The number of sulfone groups is 1. The summed E-state index contributed by atoms with van der Waals surface area (Å²) in [5.41, 5.74) is 9.36. The average Bonchev–Trinajstić information content (AvgIpc) is 3.49. The predicted octanol–water partition coefficient (Wildman–Crippen LogP) is 2.39. The van der Waals surface area contributed by atoms with E-state index in [4.69, 9.17) is 5.73 Å². The third-order valence-electron chi connectivity index (χ3n) is 6.09. The highest BCUT2D eigenvalue weighted by atomic mass is 32.2. The molecule has 1 atom stereocenters. The number of nitriles is 1. The summed E-state index contributed by atoms with van der Waals surface area (Å²) in [6.07, 6.45) is 6.89. The molecule has 0 amide bonds. The molecule has 2 fully saturated rings. The lowest BCUT2D eigenvalue weighted by Gasteiger charge is -2.34. The number of benzene rings is 1. The number of aromatic nitrogens is 3. The zero-order valence-electron chi connectivity index (χ0n) is 19.0. The number of hydrogen-bond donors (Lipinski definition) is 3. The molecule has 1 aliphatic carbocycles. The van der Waals surface area contributed by atoms with Crippen molar-refractivity contribution in [1.82, 2.24) is 14.6 Å². The van der Waals surface area contributed by atoms with Crippen molar-refractivity contribution >= 4 is 38.5 Å². The number of piperidine rings is 1. The van der Waals surface area contributed by atoms with Gasteiger partial charge in [0.2, 0.25) is 0 Å². The summed E-state index contributed by atoms with van der Waals surface area (Å²) in [4.78, 5) is 6.77. The van der Waals surface area contributed by atoms with Crippen LogP contribution in [0.3, 0.4) is 0 Å². The predicted molar refractivity (Wildman–Crippen MR) is 132 cm³/mol.